The summed E-state index contributed by atoms with van der Waals surface area (Å²) in [6, 6.07) is 14.2. The summed E-state index contributed by atoms with van der Waals surface area (Å²) in [5.41, 5.74) is 1.04. The maximum absolute atomic E-state index is 13.2. The molecule has 0 spiro atoms. The molecule has 0 atom stereocenters. The minimum atomic E-state index is -4.66. The Morgan fingerprint density at radius 3 is 2.70 bits per heavy atom. The maximum atomic E-state index is 13.2. The standard InChI is InChI=1S/C25H17F3N6O3/c1-37-19-11-16(13-29)10-18(12-19)31-24-30-14-20(17-4-2-3-15(9-17)5-6-22(35)36)23(32-24)34-8-7-21(33-34)25(26,27)28/h2-12,14H,1H3,(H,35,36)(H,30,31,32)/b6-5+. The molecule has 0 aliphatic carbocycles. The number of halogens is 3. The van der Waals surface area contributed by atoms with Gasteiger partial charge in [-0.05, 0) is 41.5 Å². The quantitative estimate of drug-likeness (QED) is 0.333. The Labute approximate surface area is 208 Å². The van der Waals surface area contributed by atoms with E-state index in [0.717, 1.165) is 23.0 Å². The summed E-state index contributed by atoms with van der Waals surface area (Å²) in [7, 11) is 1.44. The van der Waals surface area contributed by atoms with Gasteiger partial charge in [0.25, 0.3) is 0 Å². The normalized spacial score (nSPS) is 11.3. The number of nitrogens with one attached hydrogen (secondary N) is 1. The van der Waals surface area contributed by atoms with E-state index in [9.17, 15) is 23.2 Å². The van der Waals surface area contributed by atoms with E-state index < -0.39 is 17.8 Å². The van der Waals surface area contributed by atoms with E-state index in [-0.39, 0.29) is 11.8 Å². The molecule has 2 aromatic carbocycles. The van der Waals surface area contributed by atoms with Crippen LogP contribution >= 0.6 is 0 Å². The third kappa shape index (κ3) is 5.91. The molecule has 12 heteroatoms. The van der Waals surface area contributed by atoms with Crippen LogP contribution in [0.5, 0.6) is 5.75 Å². The van der Waals surface area contributed by atoms with Crippen molar-refractivity contribution in [2.75, 3.05) is 12.4 Å². The highest BCUT2D eigenvalue weighted by Gasteiger charge is 2.34. The Morgan fingerprint density at radius 2 is 2.03 bits per heavy atom. The van der Waals surface area contributed by atoms with Crippen LogP contribution in [0.2, 0.25) is 0 Å². The lowest BCUT2D eigenvalue weighted by Crippen LogP contribution is -2.10. The van der Waals surface area contributed by atoms with Crippen LogP contribution in [0.25, 0.3) is 23.0 Å². The van der Waals surface area contributed by atoms with Crippen molar-refractivity contribution >= 4 is 23.7 Å². The number of aromatic nitrogens is 4. The molecular weight excluding hydrogens is 489 g/mol. The van der Waals surface area contributed by atoms with Crippen LogP contribution < -0.4 is 10.1 Å². The van der Waals surface area contributed by atoms with Gasteiger partial charge in [0, 0.05) is 35.8 Å². The number of anilines is 2. The number of alkyl halides is 3. The van der Waals surface area contributed by atoms with E-state index >= 15 is 0 Å². The van der Waals surface area contributed by atoms with Crippen LogP contribution in [0.3, 0.4) is 0 Å². The molecule has 0 aliphatic heterocycles. The van der Waals surface area contributed by atoms with Gasteiger partial charge in [0.15, 0.2) is 11.5 Å². The Balaban J connectivity index is 1.81. The molecule has 0 aliphatic rings. The van der Waals surface area contributed by atoms with Crippen molar-refractivity contribution in [1.29, 1.82) is 5.26 Å². The zero-order chi connectivity index (χ0) is 26.6. The fraction of sp³-hybridized carbons (Fsp3) is 0.0800. The molecule has 37 heavy (non-hydrogen) atoms. The molecule has 186 valence electrons. The van der Waals surface area contributed by atoms with Crippen LogP contribution in [-0.4, -0.2) is 37.9 Å². The van der Waals surface area contributed by atoms with Gasteiger partial charge in [-0.15, -0.1) is 0 Å². The zero-order valence-electron chi connectivity index (χ0n) is 19.1. The SMILES string of the molecule is COc1cc(C#N)cc(Nc2ncc(-c3cccc(/C=C/C(=O)O)c3)c(-n3ccc(C(F)(F)F)n3)n2)c1. The summed E-state index contributed by atoms with van der Waals surface area (Å²) in [6.45, 7) is 0. The molecule has 2 N–H and O–H groups in total. The van der Waals surface area contributed by atoms with Crippen LogP contribution in [0, 0.1) is 11.3 Å². The molecule has 4 rings (SSSR count). The maximum Gasteiger partial charge on any atom is 0.435 e. The fourth-order valence-electron chi connectivity index (χ4n) is 3.36. The molecule has 0 bridgehead atoms. The van der Waals surface area contributed by atoms with Crippen molar-refractivity contribution in [3.63, 3.8) is 0 Å². The summed E-state index contributed by atoms with van der Waals surface area (Å²) in [4.78, 5) is 19.6. The van der Waals surface area contributed by atoms with Crippen molar-refractivity contribution < 1.29 is 27.8 Å². The van der Waals surface area contributed by atoms with Gasteiger partial charge in [0.2, 0.25) is 5.95 Å². The molecule has 0 unspecified atom stereocenters. The van der Waals surface area contributed by atoms with E-state index in [0.29, 0.717) is 33.7 Å². The van der Waals surface area contributed by atoms with Gasteiger partial charge in [0.1, 0.15) is 5.75 Å². The molecule has 0 saturated heterocycles. The number of carbonyl (C=O) groups is 1. The summed E-state index contributed by atoms with van der Waals surface area (Å²) >= 11 is 0. The van der Waals surface area contributed by atoms with Gasteiger partial charge >= 0.3 is 12.1 Å². The number of carboxylic acids is 1. The van der Waals surface area contributed by atoms with Crippen LogP contribution in [-0.2, 0) is 11.0 Å². The fourth-order valence-corrected chi connectivity index (χ4v) is 3.36. The Kier molecular flexibility index (Phi) is 6.88. The molecule has 9 nitrogen and oxygen atoms in total. The van der Waals surface area contributed by atoms with Crippen LogP contribution in [0.1, 0.15) is 16.8 Å². The first-order valence-electron chi connectivity index (χ1n) is 10.5. The first-order chi connectivity index (χ1) is 17.7. The lowest BCUT2D eigenvalue weighted by atomic mass is 10.0. The predicted molar refractivity (Wildman–Crippen MR) is 127 cm³/mol. The number of nitriles is 1. The number of carboxylic acid groups (broad SMARTS) is 1. The first kappa shape index (κ1) is 24.9. The second-order valence-electron chi connectivity index (χ2n) is 7.56. The third-order valence-electron chi connectivity index (χ3n) is 5.01. The smallest absolute Gasteiger partial charge is 0.435 e. The summed E-state index contributed by atoms with van der Waals surface area (Å²) < 4.78 is 45.9. The van der Waals surface area contributed by atoms with E-state index in [1.54, 1.807) is 30.3 Å². The van der Waals surface area contributed by atoms with Gasteiger partial charge < -0.3 is 15.2 Å². The number of benzene rings is 2. The lowest BCUT2D eigenvalue weighted by Gasteiger charge is -2.13. The second kappa shape index (κ2) is 10.2. The Bertz CT molecular complexity index is 1540. The number of aliphatic carboxylic acids is 1. The average molecular weight is 506 g/mol. The third-order valence-corrected chi connectivity index (χ3v) is 5.01. The highest BCUT2D eigenvalue weighted by atomic mass is 19.4. The van der Waals surface area contributed by atoms with E-state index in [4.69, 9.17) is 9.84 Å². The first-order valence-corrected chi connectivity index (χ1v) is 10.5. The van der Waals surface area contributed by atoms with Crippen molar-refractivity contribution in [1.82, 2.24) is 19.7 Å². The van der Waals surface area contributed by atoms with Gasteiger partial charge in [0.05, 0.1) is 18.7 Å². The highest BCUT2D eigenvalue weighted by molar-refractivity contribution is 5.86. The van der Waals surface area contributed by atoms with Gasteiger partial charge in [-0.3, -0.25) is 0 Å². The number of methoxy groups -OCH3 is 1. The van der Waals surface area contributed by atoms with Gasteiger partial charge in [-0.25, -0.2) is 14.5 Å². The minimum Gasteiger partial charge on any atom is -0.497 e. The monoisotopic (exact) mass is 506 g/mol. The number of hydrogen-bond acceptors (Lipinski definition) is 7. The number of nitrogens with zero attached hydrogens (tertiary/aromatic N) is 5. The van der Waals surface area contributed by atoms with Crippen molar-refractivity contribution in [3.05, 3.63) is 83.8 Å². The molecule has 0 radical (unpaired) electrons. The van der Waals surface area contributed by atoms with E-state index in [2.05, 4.69) is 20.4 Å². The second-order valence-corrected chi connectivity index (χ2v) is 7.56. The van der Waals surface area contributed by atoms with Crippen molar-refractivity contribution in [2.24, 2.45) is 0 Å². The van der Waals surface area contributed by atoms with Crippen molar-refractivity contribution in [2.45, 2.75) is 6.18 Å². The number of ether oxygens (including phenoxy) is 1. The predicted octanol–water partition coefficient (Wildman–Crippen LogP) is 5.07. The van der Waals surface area contributed by atoms with E-state index in [1.165, 1.54) is 31.5 Å². The largest absolute Gasteiger partial charge is 0.497 e. The van der Waals surface area contributed by atoms with Crippen LogP contribution in [0.4, 0.5) is 24.8 Å². The summed E-state index contributed by atoms with van der Waals surface area (Å²) in [6.07, 6.45) is 0.232. The molecule has 0 amide bonds. The highest BCUT2D eigenvalue weighted by Crippen LogP contribution is 2.31. The molecule has 2 heterocycles. The van der Waals surface area contributed by atoms with Gasteiger partial charge in [-0.1, -0.05) is 18.2 Å². The lowest BCUT2D eigenvalue weighted by molar-refractivity contribution is -0.141. The minimum absolute atomic E-state index is 0.0295. The number of rotatable bonds is 7. The van der Waals surface area contributed by atoms with Gasteiger partial charge in [-0.2, -0.15) is 28.5 Å². The summed E-state index contributed by atoms with van der Waals surface area (Å²) in [5.74, 6) is -0.651. The molecule has 2 aromatic heterocycles. The molecule has 0 saturated carbocycles. The topological polar surface area (TPSA) is 126 Å². The summed E-state index contributed by atoms with van der Waals surface area (Å²) in [5, 5.41) is 24.7. The van der Waals surface area contributed by atoms with Crippen LogP contribution in [0.15, 0.2) is 67.0 Å². The Hall–Kier alpha value is -5.18. The number of hydrogen-bond donors (Lipinski definition) is 2. The zero-order valence-corrected chi connectivity index (χ0v) is 19.1. The van der Waals surface area contributed by atoms with E-state index in [1.807, 2.05) is 6.07 Å². The molecule has 0 fully saturated rings. The average Bonchev–Trinajstić information content (AvgIpc) is 3.38. The van der Waals surface area contributed by atoms with Crippen molar-refractivity contribution in [3.8, 4) is 28.8 Å². The molecule has 4 aromatic rings. The molecular formula is C25H17F3N6O3. The Morgan fingerprint density at radius 1 is 1.22 bits per heavy atom.